The number of hydrogen-bond donors (Lipinski definition) is 1. The van der Waals surface area contributed by atoms with Crippen LogP contribution in [0.4, 0.5) is 11.4 Å². The van der Waals surface area contributed by atoms with E-state index in [1.165, 1.54) is 0 Å². The Hall–Kier alpha value is -0.350. The average molecular weight is 344 g/mol. The second kappa shape index (κ2) is 8.75. The van der Waals surface area contributed by atoms with Crippen molar-refractivity contribution in [3.63, 3.8) is 0 Å². The number of carbonyl (C=O) groups excluding carboxylic acids is 1. The van der Waals surface area contributed by atoms with Gasteiger partial charge in [0, 0.05) is 36.2 Å². The first-order valence-corrected chi connectivity index (χ1v) is 7.58. The summed E-state index contributed by atoms with van der Waals surface area (Å²) < 4.78 is 0. The number of nitrogens with one attached hydrogen (secondary N) is 1. The maximum absolute atomic E-state index is 11.3. The molecule has 19 heavy (non-hydrogen) atoms. The minimum absolute atomic E-state index is 0.450. The summed E-state index contributed by atoms with van der Waals surface area (Å²) in [5.41, 5.74) is 1.63. The van der Waals surface area contributed by atoms with Crippen molar-refractivity contribution in [3.8, 4) is 0 Å². The third-order valence-corrected chi connectivity index (χ3v) is 3.14. The zero-order chi connectivity index (χ0) is 14.3. The van der Waals surface area contributed by atoms with Crippen LogP contribution in [0.3, 0.4) is 0 Å². The van der Waals surface area contributed by atoms with Gasteiger partial charge in [0.25, 0.3) is 5.91 Å². The molecule has 0 unspecified atom stereocenters. The number of nitrogens with zero attached hydrogens (tertiary/aromatic N) is 1. The van der Waals surface area contributed by atoms with Gasteiger partial charge in [0.2, 0.25) is 0 Å². The molecular weight excluding hydrogens is 330 g/mol. The second-order valence-electron chi connectivity index (χ2n) is 3.70. The number of rotatable bonds is 7. The molecule has 0 aliphatic rings. The van der Waals surface area contributed by atoms with Crippen LogP contribution < -0.4 is 10.2 Å². The van der Waals surface area contributed by atoms with E-state index < -0.39 is 10.7 Å². The molecule has 0 saturated carbocycles. The molecule has 1 aromatic rings. The van der Waals surface area contributed by atoms with Gasteiger partial charge in [0.05, 0.1) is 0 Å². The normalized spacial score (nSPS) is 10.6. The molecule has 1 amide bonds. The summed E-state index contributed by atoms with van der Waals surface area (Å²) in [5.74, 6) is 0.597. The maximum Gasteiger partial charge on any atom is 0.257 e. The lowest BCUT2D eigenvalue weighted by atomic mass is 10.2. The van der Waals surface area contributed by atoms with Gasteiger partial charge in [-0.25, -0.2) is 0 Å². The zero-order valence-corrected chi connectivity index (χ0v) is 13.1. The molecule has 0 aromatic heterocycles. The molecule has 0 radical (unpaired) electrons. The average Bonchev–Trinajstić information content (AvgIpc) is 2.39. The Morgan fingerprint density at radius 2 is 1.63 bits per heavy atom. The first-order chi connectivity index (χ1) is 9.08. The topological polar surface area (TPSA) is 32.3 Å². The van der Waals surface area contributed by atoms with Gasteiger partial charge in [-0.3, -0.25) is 4.79 Å². The van der Waals surface area contributed by atoms with E-state index in [1.807, 2.05) is 12.1 Å². The summed E-state index contributed by atoms with van der Waals surface area (Å²) in [5, 5.41) is 2.60. The van der Waals surface area contributed by atoms with Crippen molar-refractivity contribution in [2.24, 2.45) is 0 Å². The predicted molar refractivity (Wildman–Crippen MR) is 84.2 cm³/mol. The third kappa shape index (κ3) is 5.65. The maximum atomic E-state index is 11.3. The van der Waals surface area contributed by atoms with Gasteiger partial charge in [-0.1, -0.05) is 23.2 Å². The summed E-state index contributed by atoms with van der Waals surface area (Å²) in [7, 11) is 0. The molecule has 1 N–H and O–H groups in total. The summed E-state index contributed by atoms with van der Waals surface area (Å²) in [6, 6.07) is 7.32. The molecule has 0 aliphatic carbocycles. The van der Waals surface area contributed by atoms with E-state index in [0.717, 1.165) is 5.69 Å². The van der Waals surface area contributed by atoms with Gasteiger partial charge in [-0.05, 0) is 24.3 Å². The summed E-state index contributed by atoms with van der Waals surface area (Å²) in [6.45, 7) is 1.43. The number of amides is 1. The fourth-order valence-corrected chi connectivity index (χ4v) is 2.04. The Morgan fingerprint density at radius 1 is 1.11 bits per heavy atom. The van der Waals surface area contributed by atoms with Crippen molar-refractivity contribution in [3.05, 3.63) is 24.3 Å². The Balaban J connectivity index is 2.71. The monoisotopic (exact) mass is 342 g/mol. The largest absolute Gasteiger partial charge is 0.369 e. The lowest BCUT2D eigenvalue weighted by molar-refractivity contribution is -0.114. The quantitative estimate of drug-likeness (QED) is 0.765. The lowest BCUT2D eigenvalue weighted by Gasteiger charge is -2.23. The fraction of sp³-hybridized carbons (Fsp3) is 0.417. The Bertz CT molecular complexity index is 391. The van der Waals surface area contributed by atoms with Crippen LogP contribution in [0.2, 0.25) is 0 Å². The summed E-state index contributed by atoms with van der Waals surface area (Å²) in [4.78, 5) is 12.3. The third-order valence-electron chi connectivity index (χ3n) is 2.41. The van der Waals surface area contributed by atoms with Crippen LogP contribution in [-0.4, -0.2) is 35.6 Å². The SMILES string of the molecule is O=C(Nc1ccc(N(CCCl)CCCl)cc1)C(Cl)Cl. The smallest absolute Gasteiger partial charge is 0.257 e. The molecule has 0 saturated heterocycles. The number of anilines is 2. The van der Waals surface area contributed by atoms with Crippen molar-refractivity contribution in [2.75, 3.05) is 35.1 Å². The molecule has 0 aliphatic heterocycles. The van der Waals surface area contributed by atoms with Crippen LogP contribution in [0.1, 0.15) is 0 Å². The van der Waals surface area contributed by atoms with Gasteiger partial charge >= 0.3 is 0 Å². The number of carbonyl (C=O) groups is 1. The lowest BCUT2D eigenvalue weighted by Crippen LogP contribution is -2.27. The Morgan fingerprint density at radius 3 is 2.05 bits per heavy atom. The van der Waals surface area contributed by atoms with Gasteiger partial charge in [0.1, 0.15) is 0 Å². The standard InChI is InChI=1S/C12H14Cl4N2O/c13-5-7-18(8-6-14)10-3-1-9(2-4-10)17-12(19)11(15)16/h1-4,11H,5-8H2,(H,17,19). The number of alkyl halides is 4. The van der Waals surface area contributed by atoms with E-state index >= 15 is 0 Å². The van der Waals surface area contributed by atoms with Gasteiger partial charge in [-0.15, -0.1) is 23.2 Å². The second-order valence-corrected chi connectivity index (χ2v) is 5.55. The summed E-state index contributed by atoms with van der Waals surface area (Å²) in [6.07, 6.45) is 0. The van der Waals surface area contributed by atoms with Crippen LogP contribution in [0.15, 0.2) is 24.3 Å². The highest BCUT2D eigenvalue weighted by molar-refractivity contribution is 6.54. The van der Waals surface area contributed by atoms with Crippen molar-refractivity contribution < 1.29 is 4.79 Å². The molecular formula is C12H14Cl4N2O. The molecule has 3 nitrogen and oxygen atoms in total. The minimum atomic E-state index is -1.08. The van der Waals surface area contributed by atoms with Crippen molar-refractivity contribution in [1.29, 1.82) is 0 Å². The van der Waals surface area contributed by atoms with Crippen LogP contribution in [0, 0.1) is 0 Å². The molecule has 0 bridgehead atoms. The van der Waals surface area contributed by atoms with Crippen molar-refractivity contribution in [1.82, 2.24) is 0 Å². The molecule has 1 rings (SSSR count). The number of hydrogen-bond acceptors (Lipinski definition) is 2. The highest BCUT2D eigenvalue weighted by atomic mass is 35.5. The molecule has 106 valence electrons. The Kier molecular flexibility index (Phi) is 7.69. The fourth-order valence-electron chi connectivity index (χ4n) is 1.53. The van der Waals surface area contributed by atoms with Gasteiger partial charge in [-0.2, -0.15) is 0 Å². The van der Waals surface area contributed by atoms with Crippen LogP contribution in [0.5, 0.6) is 0 Å². The van der Waals surface area contributed by atoms with E-state index in [-0.39, 0.29) is 0 Å². The van der Waals surface area contributed by atoms with E-state index in [9.17, 15) is 4.79 Å². The molecule has 1 aromatic carbocycles. The Labute approximate surface area is 132 Å². The minimum Gasteiger partial charge on any atom is -0.369 e. The highest BCUT2D eigenvalue weighted by Gasteiger charge is 2.11. The van der Waals surface area contributed by atoms with E-state index in [4.69, 9.17) is 46.4 Å². The van der Waals surface area contributed by atoms with E-state index in [2.05, 4.69) is 10.2 Å². The van der Waals surface area contributed by atoms with Crippen LogP contribution in [0.25, 0.3) is 0 Å². The van der Waals surface area contributed by atoms with E-state index in [1.54, 1.807) is 12.1 Å². The van der Waals surface area contributed by atoms with Crippen LogP contribution in [-0.2, 0) is 4.79 Å². The molecule has 0 spiro atoms. The van der Waals surface area contributed by atoms with Crippen molar-refractivity contribution >= 4 is 63.7 Å². The first-order valence-electron chi connectivity index (χ1n) is 5.64. The molecule has 0 atom stereocenters. The van der Waals surface area contributed by atoms with Gasteiger partial charge in [0.15, 0.2) is 4.84 Å². The number of halogens is 4. The molecule has 0 heterocycles. The molecule has 7 heteroatoms. The zero-order valence-electron chi connectivity index (χ0n) is 10.1. The van der Waals surface area contributed by atoms with E-state index in [0.29, 0.717) is 30.5 Å². The number of benzene rings is 1. The molecule has 0 fully saturated rings. The van der Waals surface area contributed by atoms with Gasteiger partial charge < -0.3 is 10.2 Å². The van der Waals surface area contributed by atoms with Crippen LogP contribution >= 0.6 is 46.4 Å². The first kappa shape index (κ1) is 16.7. The predicted octanol–water partition coefficient (Wildman–Crippen LogP) is 3.71. The van der Waals surface area contributed by atoms with Crippen molar-refractivity contribution in [2.45, 2.75) is 4.84 Å². The highest BCUT2D eigenvalue weighted by Crippen LogP contribution is 2.19. The summed E-state index contributed by atoms with van der Waals surface area (Å²) >= 11 is 22.4.